The maximum absolute atomic E-state index is 12.5. The lowest BCUT2D eigenvalue weighted by molar-refractivity contribution is 0.0782. The quantitative estimate of drug-likeness (QED) is 0.843. The minimum atomic E-state index is 0.123. The summed E-state index contributed by atoms with van der Waals surface area (Å²) in [6.45, 7) is 5.49. The Morgan fingerprint density at radius 2 is 2.05 bits per heavy atom. The summed E-state index contributed by atoms with van der Waals surface area (Å²) < 4.78 is 5.46. The Hall–Kier alpha value is -1.29. The molecule has 4 nitrogen and oxygen atoms in total. The van der Waals surface area contributed by atoms with Gasteiger partial charge in [0.25, 0.3) is 5.91 Å². The van der Waals surface area contributed by atoms with Crippen molar-refractivity contribution in [1.82, 2.24) is 4.90 Å². The largest absolute Gasteiger partial charge is 0.466 e. The fraction of sp³-hybridized carbons (Fsp3) is 0.667. The Morgan fingerprint density at radius 3 is 2.74 bits per heavy atom. The molecule has 3 rings (SSSR count). The number of hydrogen-bond donors (Lipinski definition) is 1. The van der Waals surface area contributed by atoms with Crippen molar-refractivity contribution in [3.05, 3.63) is 23.2 Å². The van der Waals surface area contributed by atoms with Crippen LogP contribution in [0.1, 0.15) is 41.1 Å². The molecule has 0 aromatic carbocycles. The van der Waals surface area contributed by atoms with Crippen LogP contribution in [0.2, 0.25) is 0 Å². The third-order valence-electron chi connectivity index (χ3n) is 4.65. The summed E-state index contributed by atoms with van der Waals surface area (Å²) in [5.41, 5.74) is 6.76. The van der Waals surface area contributed by atoms with Crippen molar-refractivity contribution in [2.24, 2.45) is 17.6 Å². The molecule has 2 heterocycles. The van der Waals surface area contributed by atoms with Gasteiger partial charge in [-0.3, -0.25) is 4.79 Å². The van der Waals surface area contributed by atoms with E-state index in [4.69, 9.17) is 10.2 Å². The number of nitrogens with zero attached hydrogens (tertiary/aromatic N) is 1. The SMILES string of the molecule is Cc1cc(C(=O)N2C[C@H]3CCC(N)C[C@H]3C2)c(C)o1. The first-order chi connectivity index (χ1) is 9.04. The predicted molar refractivity (Wildman–Crippen MR) is 72.9 cm³/mol. The van der Waals surface area contributed by atoms with E-state index in [1.54, 1.807) is 0 Å². The van der Waals surface area contributed by atoms with E-state index in [1.807, 2.05) is 24.8 Å². The van der Waals surface area contributed by atoms with Gasteiger partial charge in [0.05, 0.1) is 5.56 Å². The monoisotopic (exact) mass is 262 g/mol. The lowest BCUT2D eigenvalue weighted by Crippen LogP contribution is -2.32. The number of rotatable bonds is 1. The van der Waals surface area contributed by atoms with Gasteiger partial charge in [-0.1, -0.05) is 0 Å². The van der Waals surface area contributed by atoms with Gasteiger partial charge in [0.1, 0.15) is 11.5 Å². The van der Waals surface area contributed by atoms with Crippen molar-refractivity contribution in [1.29, 1.82) is 0 Å². The highest BCUT2D eigenvalue weighted by Gasteiger charge is 2.39. The number of fused-ring (bicyclic) bond motifs is 1. The molecule has 1 saturated carbocycles. The van der Waals surface area contributed by atoms with E-state index >= 15 is 0 Å². The van der Waals surface area contributed by atoms with E-state index < -0.39 is 0 Å². The van der Waals surface area contributed by atoms with Crippen LogP contribution in [0.15, 0.2) is 10.5 Å². The molecule has 1 aliphatic carbocycles. The van der Waals surface area contributed by atoms with E-state index in [9.17, 15) is 4.79 Å². The summed E-state index contributed by atoms with van der Waals surface area (Å²) in [5.74, 6) is 2.91. The van der Waals surface area contributed by atoms with E-state index in [-0.39, 0.29) is 5.91 Å². The van der Waals surface area contributed by atoms with Crippen LogP contribution in [-0.2, 0) is 0 Å². The average Bonchev–Trinajstić information content (AvgIpc) is 2.91. The zero-order valence-corrected chi connectivity index (χ0v) is 11.7. The molecule has 0 bridgehead atoms. The number of carbonyl (C=O) groups is 1. The lowest BCUT2D eigenvalue weighted by atomic mass is 9.79. The Bertz CT molecular complexity index is 494. The first-order valence-electron chi connectivity index (χ1n) is 7.16. The summed E-state index contributed by atoms with van der Waals surface area (Å²) in [4.78, 5) is 14.5. The van der Waals surface area contributed by atoms with Gasteiger partial charge < -0.3 is 15.1 Å². The Balaban J connectivity index is 1.74. The van der Waals surface area contributed by atoms with Crippen molar-refractivity contribution >= 4 is 5.91 Å². The Kier molecular flexibility index (Phi) is 3.13. The zero-order valence-electron chi connectivity index (χ0n) is 11.7. The fourth-order valence-corrected chi connectivity index (χ4v) is 3.65. The van der Waals surface area contributed by atoms with Crippen LogP contribution in [0.3, 0.4) is 0 Å². The first-order valence-corrected chi connectivity index (χ1v) is 7.16. The maximum atomic E-state index is 12.5. The van der Waals surface area contributed by atoms with Crippen LogP contribution in [0.25, 0.3) is 0 Å². The molecule has 0 spiro atoms. The van der Waals surface area contributed by atoms with Gasteiger partial charge in [-0.05, 0) is 51.0 Å². The van der Waals surface area contributed by atoms with Crippen LogP contribution in [0.5, 0.6) is 0 Å². The average molecular weight is 262 g/mol. The standard InChI is InChI=1S/C15H22N2O2/c1-9-5-14(10(2)19-9)15(18)17-7-11-3-4-13(16)6-12(11)8-17/h5,11-13H,3-4,6-8,16H2,1-2H3/t11-,12+,13?/m1/s1. The molecule has 1 aromatic heterocycles. The molecule has 1 aromatic rings. The van der Waals surface area contributed by atoms with Gasteiger partial charge in [-0.15, -0.1) is 0 Å². The maximum Gasteiger partial charge on any atom is 0.257 e. The fourth-order valence-electron chi connectivity index (χ4n) is 3.65. The summed E-state index contributed by atoms with van der Waals surface area (Å²) in [6.07, 6.45) is 3.34. The number of nitrogens with two attached hydrogens (primary N) is 1. The molecule has 2 aliphatic rings. The summed E-state index contributed by atoms with van der Waals surface area (Å²) >= 11 is 0. The number of likely N-dealkylation sites (tertiary alicyclic amines) is 1. The molecule has 2 N–H and O–H groups in total. The van der Waals surface area contributed by atoms with Gasteiger partial charge in [0.2, 0.25) is 0 Å². The third kappa shape index (κ3) is 2.29. The van der Waals surface area contributed by atoms with E-state index in [0.717, 1.165) is 43.0 Å². The molecule has 1 unspecified atom stereocenters. The summed E-state index contributed by atoms with van der Waals surface area (Å²) in [7, 11) is 0. The number of aryl methyl sites for hydroxylation is 2. The third-order valence-corrected chi connectivity index (χ3v) is 4.65. The van der Waals surface area contributed by atoms with Gasteiger partial charge in [0, 0.05) is 19.1 Å². The molecule has 19 heavy (non-hydrogen) atoms. The van der Waals surface area contributed by atoms with Crippen molar-refractivity contribution in [3.8, 4) is 0 Å². The second-order valence-corrected chi connectivity index (χ2v) is 6.13. The first kappa shape index (κ1) is 12.7. The highest BCUT2D eigenvalue weighted by Crippen LogP contribution is 2.36. The Labute approximate surface area is 113 Å². The van der Waals surface area contributed by atoms with Gasteiger partial charge >= 0.3 is 0 Å². The smallest absolute Gasteiger partial charge is 0.257 e. The van der Waals surface area contributed by atoms with Crippen LogP contribution in [0.4, 0.5) is 0 Å². The van der Waals surface area contributed by atoms with Crippen LogP contribution < -0.4 is 5.73 Å². The molecule has 1 saturated heterocycles. The van der Waals surface area contributed by atoms with Crippen molar-refractivity contribution in [2.45, 2.75) is 39.2 Å². The summed E-state index contributed by atoms with van der Waals surface area (Å²) in [5, 5.41) is 0. The highest BCUT2D eigenvalue weighted by molar-refractivity contribution is 5.95. The van der Waals surface area contributed by atoms with E-state index in [2.05, 4.69) is 0 Å². The topological polar surface area (TPSA) is 59.5 Å². The van der Waals surface area contributed by atoms with Crippen LogP contribution in [0, 0.1) is 25.7 Å². The zero-order chi connectivity index (χ0) is 13.6. The summed E-state index contributed by atoms with van der Waals surface area (Å²) in [6, 6.07) is 2.18. The predicted octanol–water partition coefficient (Wildman–Crippen LogP) is 2.10. The molecule has 104 valence electrons. The van der Waals surface area contributed by atoms with Crippen molar-refractivity contribution < 1.29 is 9.21 Å². The molecule has 2 fully saturated rings. The second-order valence-electron chi connectivity index (χ2n) is 6.13. The Morgan fingerprint density at radius 1 is 1.32 bits per heavy atom. The minimum Gasteiger partial charge on any atom is -0.466 e. The van der Waals surface area contributed by atoms with Gasteiger partial charge in [-0.25, -0.2) is 0 Å². The molecule has 4 heteroatoms. The molecule has 0 radical (unpaired) electrons. The highest BCUT2D eigenvalue weighted by atomic mass is 16.3. The van der Waals surface area contributed by atoms with Crippen molar-refractivity contribution in [2.75, 3.05) is 13.1 Å². The van der Waals surface area contributed by atoms with Gasteiger partial charge in [0.15, 0.2) is 0 Å². The van der Waals surface area contributed by atoms with E-state index in [1.165, 1.54) is 6.42 Å². The van der Waals surface area contributed by atoms with E-state index in [0.29, 0.717) is 17.9 Å². The number of furan rings is 1. The van der Waals surface area contributed by atoms with Crippen LogP contribution >= 0.6 is 0 Å². The molecular weight excluding hydrogens is 240 g/mol. The number of carbonyl (C=O) groups excluding carboxylic acids is 1. The molecule has 1 aliphatic heterocycles. The normalized spacial score (nSPS) is 30.5. The molecular formula is C15H22N2O2. The molecule has 1 amide bonds. The minimum absolute atomic E-state index is 0.123. The molecule has 3 atom stereocenters. The lowest BCUT2D eigenvalue weighted by Gasteiger charge is -2.27. The van der Waals surface area contributed by atoms with Gasteiger partial charge in [-0.2, -0.15) is 0 Å². The number of amides is 1. The van der Waals surface area contributed by atoms with Crippen molar-refractivity contribution in [3.63, 3.8) is 0 Å². The number of hydrogen-bond acceptors (Lipinski definition) is 3. The second kappa shape index (κ2) is 4.67. The van der Waals surface area contributed by atoms with Crippen LogP contribution in [-0.4, -0.2) is 29.9 Å².